The lowest BCUT2D eigenvalue weighted by Crippen LogP contribution is -2.28. The van der Waals surface area contributed by atoms with E-state index in [-0.39, 0.29) is 12.6 Å². The highest BCUT2D eigenvalue weighted by Gasteiger charge is 2.17. The second-order valence-corrected chi connectivity index (χ2v) is 4.55. The van der Waals surface area contributed by atoms with Crippen LogP contribution in [0.25, 0.3) is 0 Å². The summed E-state index contributed by atoms with van der Waals surface area (Å²) in [5.74, 6) is 0.960. The summed E-state index contributed by atoms with van der Waals surface area (Å²) in [6.45, 7) is 3.47. The van der Waals surface area contributed by atoms with Crippen LogP contribution < -0.4 is 10.1 Å². The molecule has 0 bridgehead atoms. The summed E-state index contributed by atoms with van der Waals surface area (Å²) >= 11 is 6.04. The second kappa shape index (κ2) is 5.04. The van der Waals surface area contributed by atoms with Gasteiger partial charge in [0, 0.05) is 29.6 Å². The third-order valence-electron chi connectivity index (χ3n) is 2.74. The number of aliphatic hydroxyl groups is 1. The van der Waals surface area contributed by atoms with Gasteiger partial charge in [-0.05, 0) is 24.6 Å². The van der Waals surface area contributed by atoms with E-state index in [1.807, 2.05) is 19.1 Å². The summed E-state index contributed by atoms with van der Waals surface area (Å²) in [5, 5.41) is 12.9. The van der Waals surface area contributed by atoms with Crippen molar-refractivity contribution in [3.63, 3.8) is 0 Å². The molecule has 2 N–H and O–H groups in total. The highest BCUT2D eigenvalue weighted by molar-refractivity contribution is 6.30. The van der Waals surface area contributed by atoms with Gasteiger partial charge in [0.25, 0.3) is 0 Å². The van der Waals surface area contributed by atoms with Gasteiger partial charge in [0.1, 0.15) is 5.75 Å². The summed E-state index contributed by atoms with van der Waals surface area (Å²) < 4.78 is 5.59. The van der Waals surface area contributed by atoms with Gasteiger partial charge in [0.15, 0.2) is 0 Å². The first-order valence-corrected chi connectivity index (χ1v) is 5.87. The first kappa shape index (κ1) is 11.7. The number of halogens is 1. The average Bonchev–Trinajstić information content (AvgIpc) is 2.73. The normalized spacial score (nSPS) is 15.7. The molecule has 2 rings (SSSR count). The van der Waals surface area contributed by atoms with Gasteiger partial charge in [0.05, 0.1) is 13.2 Å². The van der Waals surface area contributed by atoms with Crippen molar-refractivity contribution in [3.8, 4) is 5.75 Å². The topological polar surface area (TPSA) is 41.5 Å². The molecule has 1 unspecified atom stereocenters. The Bertz CT molecular complexity index is 382. The summed E-state index contributed by atoms with van der Waals surface area (Å²) in [4.78, 5) is 0. The van der Waals surface area contributed by atoms with E-state index in [2.05, 4.69) is 5.32 Å². The fraction of sp³-hybridized carbons (Fsp3) is 0.500. The lowest BCUT2D eigenvalue weighted by Gasteiger charge is -2.13. The van der Waals surface area contributed by atoms with Crippen molar-refractivity contribution in [1.82, 2.24) is 5.32 Å². The average molecular weight is 242 g/mol. The van der Waals surface area contributed by atoms with E-state index in [0.29, 0.717) is 6.54 Å². The molecule has 88 valence electrons. The van der Waals surface area contributed by atoms with Crippen LogP contribution in [0, 0.1) is 0 Å². The number of benzene rings is 1. The van der Waals surface area contributed by atoms with E-state index in [0.717, 1.165) is 29.4 Å². The smallest absolute Gasteiger partial charge is 0.127 e. The van der Waals surface area contributed by atoms with Crippen molar-refractivity contribution in [2.75, 3.05) is 13.2 Å². The molecule has 0 aromatic heterocycles. The summed E-state index contributed by atoms with van der Waals surface area (Å²) in [7, 11) is 0. The summed E-state index contributed by atoms with van der Waals surface area (Å²) in [6.07, 6.45) is 0.929. The maximum atomic E-state index is 8.94. The predicted molar refractivity (Wildman–Crippen MR) is 64.0 cm³/mol. The molecule has 0 radical (unpaired) electrons. The van der Waals surface area contributed by atoms with Crippen LogP contribution in [0.2, 0.25) is 5.02 Å². The van der Waals surface area contributed by atoms with Crippen molar-refractivity contribution in [1.29, 1.82) is 0 Å². The molecule has 1 heterocycles. The first-order valence-electron chi connectivity index (χ1n) is 5.49. The molecular formula is C12H16ClNO2. The molecule has 1 aliphatic rings. The number of aliphatic hydroxyl groups excluding tert-OH is 1. The Morgan fingerprint density at radius 1 is 1.56 bits per heavy atom. The van der Waals surface area contributed by atoms with Gasteiger partial charge in [-0.25, -0.2) is 0 Å². The molecule has 1 aliphatic heterocycles. The zero-order valence-corrected chi connectivity index (χ0v) is 10.0. The Hall–Kier alpha value is -0.770. The van der Waals surface area contributed by atoms with Gasteiger partial charge in [-0.15, -0.1) is 0 Å². The minimum Gasteiger partial charge on any atom is -0.493 e. The molecule has 0 fully saturated rings. The third-order valence-corrected chi connectivity index (χ3v) is 2.96. The number of hydrogen-bond acceptors (Lipinski definition) is 3. The highest BCUT2D eigenvalue weighted by atomic mass is 35.5. The van der Waals surface area contributed by atoms with E-state index >= 15 is 0 Å². The lowest BCUT2D eigenvalue weighted by atomic mass is 10.1. The molecule has 0 saturated heterocycles. The van der Waals surface area contributed by atoms with Crippen molar-refractivity contribution in [3.05, 3.63) is 28.3 Å². The van der Waals surface area contributed by atoms with Gasteiger partial charge in [-0.1, -0.05) is 11.6 Å². The number of nitrogens with one attached hydrogen (secondary N) is 1. The Morgan fingerprint density at radius 3 is 3.12 bits per heavy atom. The molecule has 1 aromatic carbocycles. The summed E-state index contributed by atoms with van der Waals surface area (Å²) in [6, 6.07) is 3.96. The highest BCUT2D eigenvalue weighted by Crippen LogP contribution is 2.32. The van der Waals surface area contributed by atoms with Crippen molar-refractivity contribution < 1.29 is 9.84 Å². The van der Waals surface area contributed by atoms with Crippen LogP contribution in [0.1, 0.15) is 18.1 Å². The van der Waals surface area contributed by atoms with Crippen molar-refractivity contribution >= 4 is 11.6 Å². The number of ether oxygens (including phenoxy) is 1. The van der Waals surface area contributed by atoms with Crippen LogP contribution in [0.3, 0.4) is 0 Å². The first-order chi connectivity index (χ1) is 7.70. The van der Waals surface area contributed by atoms with E-state index in [4.69, 9.17) is 21.4 Å². The Balaban J connectivity index is 2.14. The molecule has 0 saturated carbocycles. The Morgan fingerprint density at radius 2 is 2.38 bits per heavy atom. The monoisotopic (exact) mass is 241 g/mol. The van der Waals surface area contributed by atoms with Gasteiger partial charge in [-0.2, -0.15) is 0 Å². The van der Waals surface area contributed by atoms with E-state index < -0.39 is 0 Å². The van der Waals surface area contributed by atoms with E-state index in [1.165, 1.54) is 5.56 Å². The SMILES string of the molecule is CC(CO)NCc1cc(Cl)cc2c1OCC2. The molecule has 0 spiro atoms. The number of hydrogen-bond donors (Lipinski definition) is 2. The van der Waals surface area contributed by atoms with E-state index in [9.17, 15) is 0 Å². The minimum atomic E-state index is 0.0797. The fourth-order valence-electron chi connectivity index (χ4n) is 1.83. The summed E-state index contributed by atoms with van der Waals surface area (Å²) in [5.41, 5.74) is 2.25. The van der Waals surface area contributed by atoms with Crippen LogP contribution in [0.4, 0.5) is 0 Å². The standard InChI is InChI=1S/C12H16ClNO2/c1-8(7-15)14-6-10-5-11(13)4-9-2-3-16-12(9)10/h4-5,8,14-15H,2-3,6-7H2,1H3. The van der Waals surface area contributed by atoms with Crippen LogP contribution in [-0.4, -0.2) is 24.4 Å². The second-order valence-electron chi connectivity index (χ2n) is 4.12. The Kier molecular flexibility index (Phi) is 3.69. The maximum absolute atomic E-state index is 8.94. The van der Waals surface area contributed by atoms with Gasteiger partial charge in [-0.3, -0.25) is 0 Å². The van der Waals surface area contributed by atoms with Crippen molar-refractivity contribution in [2.24, 2.45) is 0 Å². The molecular weight excluding hydrogens is 226 g/mol. The zero-order valence-electron chi connectivity index (χ0n) is 9.29. The quantitative estimate of drug-likeness (QED) is 0.844. The molecule has 3 nitrogen and oxygen atoms in total. The fourth-order valence-corrected chi connectivity index (χ4v) is 2.09. The van der Waals surface area contributed by atoms with Gasteiger partial charge < -0.3 is 15.2 Å². The number of rotatable bonds is 4. The molecule has 16 heavy (non-hydrogen) atoms. The minimum absolute atomic E-state index is 0.0797. The number of fused-ring (bicyclic) bond motifs is 1. The van der Waals surface area contributed by atoms with Crippen LogP contribution >= 0.6 is 11.6 Å². The predicted octanol–water partition coefficient (Wildman–Crippen LogP) is 1.75. The van der Waals surface area contributed by atoms with Crippen LogP contribution in [0.5, 0.6) is 5.75 Å². The molecule has 0 amide bonds. The maximum Gasteiger partial charge on any atom is 0.127 e. The molecule has 1 atom stereocenters. The lowest BCUT2D eigenvalue weighted by molar-refractivity contribution is 0.250. The molecule has 4 heteroatoms. The van der Waals surface area contributed by atoms with Gasteiger partial charge in [0.2, 0.25) is 0 Å². The van der Waals surface area contributed by atoms with Gasteiger partial charge >= 0.3 is 0 Å². The van der Waals surface area contributed by atoms with Crippen LogP contribution in [-0.2, 0) is 13.0 Å². The zero-order chi connectivity index (χ0) is 11.5. The Labute approximate surface area is 100 Å². The largest absolute Gasteiger partial charge is 0.493 e. The van der Waals surface area contributed by atoms with E-state index in [1.54, 1.807) is 0 Å². The van der Waals surface area contributed by atoms with Crippen LogP contribution in [0.15, 0.2) is 12.1 Å². The molecule has 0 aliphatic carbocycles. The van der Waals surface area contributed by atoms with Crippen molar-refractivity contribution in [2.45, 2.75) is 25.9 Å². The molecule has 1 aromatic rings. The third kappa shape index (κ3) is 2.48.